The molecule has 6 nitrogen and oxygen atoms in total. The van der Waals surface area contributed by atoms with E-state index >= 15 is 0 Å². The summed E-state index contributed by atoms with van der Waals surface area (Å²) in [5.74, 6) is -0.238. The van der Waals surface area contributed by atoms with Crippen molar-refractivity contribution in [2.75, 3.05) is 14.1 Å². The third-order valence-corrected chi connectivity index (χ3v) is 1.99. The van der Waals surface area contributed by atoms with E-state index in [2.05, 4.69) is 5.32 Å². The fraction of sp³-hybridized carbons (Fsp3) is 0.750. The van der Waals surface area contributed by atoms with Crippen LogP contribution in [0.4, 0.5) is 4.79 Å². The molecular formula is C8H17N3O3. The van der Waals surface area contributed by atoms with Crippen molar-refractivity contribution in [1.29, 1.82) is 0 Å². The molecule has 0 aliphatic rings. The van der Waals surface area contributed by atoms with Gasteiger partial charge in [-0.25, -0.2) is 10.3 Å². The summed E-state index contributed by atoms with van der Waals surface area (Å²) in [4.78, 5) is 23.6. The Hall–Kier alpha value is -1.30. The van der Waals surface area contributed by atoms with Crippen LogP contribution in [0.1, 0.15) is 19.8 Å². The van der Waals surface area contributed by atoms with Crippen molar-refractivity contribution in [1.82, 2.24) is 15.7 Å². The van der Waals surface area contributed by atoms with Gasteiger partial charge in [-0.2, -0.15) is 0 Å². The summed E-state index contributed by atoms with van der Waals surface area (Å²) in [7, 11) is 2.97. The Morgan fingerprint density at radius 3 is 2.43 bits per heavy atom. The lowest BCUT2D eigenvalue weighted by molar-refractivity contribution is -0.125. The molecule has 3 amide bonds. The number of urea groups is 1. The second-order valence-electron chi connectivity index (χ2n) is 2.95. The van der Waals surface area contributed by atoms with E-state index < -0.39 is 12.1 Å². The van der Waals surface area contributed by atoms with Gasteiger partial charge in [-0.05, 0) is 6.42 Å². The van der Waals surface area contributed by atoms with Gasteiger partial charge in [-0.3, -0.25) is 10.0 Å². The van der Waals surface area contributed by atoms with Crippen LogP contribution in [0.3, 0.4) is 0 Å². The average Bonchev–Trinajstić information content (AvgIpc) is 2.22. The number of hydrogen-bond acceptors (Lipinski definition) is 3. The van der Waals surface area contributed by atoms with Gasteiger partial charge in [-0.1, -0.05) is 13.3 Å². The topological polar surface area (TPSA) is 81.7 Å². The molecule has 1 atom stereocenters. The van der Waals surface area contributed by atoms with Gasteiger partial charge in [0, 0.05) is 14.1 Å². The van der Waals surface area contributed by atoms with Crippen LogP contribution in [0.5, 0.6) is 0 Å². The molecule has 0 heterocycles. The largest absolute Gasteiger partial charge is 0.357 e. The third kappa shape index (κ3) is 3.21. The molecule has 6 heteroatoms. The number of hydroxylamine groups is 1. The first kappa shape index (κ1) is 12.7. The van der Waals surface area contributed by atoms with Crippen LogP contribution in [0.2, 0.25) is 0 Å². The maximum Gasteiger partial charge on any atom is 0.341 e. The molecule has 0 spiro atoms. The van der Waals surface area contributed by atoms with E-state index in [9.17, 15) is 9.59 Å². The van der Waals surface area contributed by atoms with Gasteiger partial charge in [0.15, 0.2) is 0 Å². The van der Waals surface area contributed by atoms with Crippen molar-refractivity contribution in [3.05, 3.63) is 0 Å². The van der Waals surface area contributed by atoms with E-state index in [0.29, 0.717) is 6.42 Å². The van der Waals surface area contributed by atoms with Crippen LogP contribution in [0.25, 0.3) is 0 Å². The van der Waals surface area contributed by atoms with Gasteiger partial charge >= 0.3 is 6.03 Å². The highest BCUT2D eigenvalue weighted by molar-refractivity contribution is 5.86. The lowest BCUT2D eigenvalue weighted by Crippen LogP contribution is -2.49. The quantitative estimate of drug-likeness (QED) is 0.442. The average molecular weight is 203 g/mol. The van der Waals surface area contributed by atoms with E-state index in [-0.39, 0.29) is 5.91 Å². The number of carbonyl (C=O) groups is 2. The lowest BCUT2D eigenvalue weighted by atomic mass is 10.1. The zero-order valence-electron chi connectivity index (χ0n) is 8.70. The molecule has 0 aromatic heterocycles. The Bertz CT molecular complexity index is 208. The first-order chi connectivity index (χ1) is 6.58. The molecule has 0 saturated heterocycles. The van der Waals surface area contributed by atoms with Gasteiger partial charge in [0.2, 0.25) is 5.91 Å². The summed E-state index contributed by atoms with van der Waals surface area (Å²) in [5, 5.41) is 10.9. The maximum atomic E-state index is 11.3. The van der Waals surface area contributed by atoms with Gasteiger partial charge < -0.3 is 10.2 Å². The van der Waals surface area contributed by atoms with E-state index in [0.717, 1.165) is 6.42 Å². The highest BCUT2D eigenvalue weighted by Gasteiger charge is 2.24. The smallest absolute Gasteiger partial charge is 0.341 e. The van der Waals surface area contributed by atoms with Crippen molar-refractivity contribution in [2.24, 2.45) is 0 Å². The van der Waals surface area contributed by atoms with Gasteiger partial charge in [0.05, 0.1) is 0 Å². The van der Waals surface area contributed by atoms with E-state index in [4.69, 9.17) is 5.21 Å². The van der Waals surface area contributed by atoms with E-state index in [1.807, 2.05) is 6.92 Å². The molecule has 0 fully saturated rings. The van der Waals surface area contributed by atoms with Crippen LogP contribution in [0, 0.1) is 0 Å². The van der Waals surface area contributed by atoms with Crippen LogP contribution in [0.15, 0.2) is 0 Å². The lowest BCUT2D eigenvalue weighted by Gasteiger charge is -2.25. The number of nitrogens with zero attached hydrogens (tertiary/aromatic N) is 1. The van der Waals surface area contributed by atoms with Crippen molar-refractivity contribution >= 4 is 11.9 Å². The number of nitrogens with one attached hydrogen (secondary N) is 2. The number of likely N-dealkylation sites (N-methyl/N-ethyl adjacent to an activating group) is 2. The van der Waals surface area contributed by atoms with Gasteiger partial charge in [-0.15, -0.1) is 0 Å². The van der Waals surface area contributed by atoms with Crippen LogP contribution >= 0.6 is 0 Å². The molecule has 3 N–H and O–H groups in total. The highest BCUT2D eigenvalue weighted by Crippen LogP contribution is 2.05. The SMILES string of the molecule is CCC[C@@H](C(=O)NC)N(C)C(=O)NO. The molecular weight excluding hydrogens is 186 g/mol. The Labute approximate surface area is 83.2 Å². The number of hydrogen-bond donors (Lipinski definition) is 3. The molecule has 0 rings (SSSR count). The number of carbonyl (C=O) groups excluding carboxylic acids is 2. The summed E-state index contributed by atoms with van der Waals surface area (Å²) >= 11 is 0. The number of rotatable bonds is 4. The van der Waals surface area contributed by atoms with Crippen molar-refractivity contribution in [2.45, 2.75) is 25.8 Å². The predicted octanol–water partition coefficient (Wildman–Crippen LogP) is -0.0683. The van der Waals surface area contributed by atoms with Crippen LogP contribution in [-0.2, 0) is 4.79 Å². The standard InChI is InChI=1S/C8H17N3O3/c1-4-5-6(7(12)9-2)11(3)8(13)10-14/h6,14H,4-5H2,1-3H3,(H,9,12)(H,10,13)/t6-/m0/s1. The summed E-state index contributed by atoms with van der Waals surface area (Å²) < 4.78 is 0. The second kappa shape index (κ2) is 6.20. The Morgan fingerprint density at radius 1 is 1.50 bits per heavy atom. The minimum absolute atomic E-state index is 0.238. The fourth-order valence-electron chi connectivity index (χ4n) is 1.16. The predicted molar refractivity (Wildman–Crippen MR) is 50.8 cm³/mol. The van der Waals surface area contributed by atoms with Crippen LogP contribution in [-0.4, -0.2) is 42.2 Å². The van der Waals surface area contributed by atoms with Crippen molar-refractivity contribution < 1.29 is 14.8 Å². The van der Waals surface area contributed by atoms with Gasteiger partial charge in [0.25, 0.3) is 0 Å². The van der Waals surface area contributed by atoms with E-state index in [1.54, 1.807) is 0 Å². The zero-order chi connectivity index (χ0) is 11.1. The monoisotopic (exact) mass is 203 g/mol. The van der Waals surface area contributed by atoms with Crippen molar-refractivity contribution in [3.63, 3.8) is 0 Å². The van der Waals surface area contributed by atoms with Crippen molar-refractivity contribution in [3.8, 4) is 0 Å². The first-order valence-electron chi connectivity index (χ1n) is 4.46. The summed E-state index contributed by atoms with van der Waals surface area (Å²) in [6, 6.07) is -1.23. The minimum Gasteiger partial charge on any atom is -0.357 e. The van der Waals surface area contributed by atoms with Gasteiger partial charge in [0.1, 0.15) is 6.04 Å². The molecule has 0 saturated carbocycles. The zero-order valence-corrected chi connectivity index (χ0v) is 8.70. The molecule has 0 bridgehead atoms. The molecule has 0 aliphatic heterocycles. The maximum absolute atomic E-state index is 11.3. The first-order valence-corrected chi connectivity index (χ1v) is 4.46. The molecule has 14 heavy (non-hydrogen) atoms. The molecule has 82 valence electrons. The third-order valence-electron chi connectivity index (χ3n) is 1.99. The van der Waals surface area contributed by atoms with E-state index in [1.165, 1.54) is 24.5 Å². The Morgan fingerprint density at radius 2 is 2.07 bits per heavy atom. The summed E-state index contributed by atoms with van der Waals surface area (Å²) in [6.45, 7) is 1.92. The molecule has 0 radical (unpaired) electrons. The Balaban J connectivity index is 4.47. The molecule has 0 unspecified atom stereocenters. The summed E-state index contributed by atoms with van der Waals surface area (Å²) in [6.07, 6.45) is 1.34. The normalized spacial score (nSPS) is 11.7. The molecule has 0 aromatic rings. The summed E-state index contributed by atoms with van der Waals surface area (Å²) in [5.41, 5.74) is 1.49. The minimum atomic E-state index is -0.688. The molecule has 0 aliphatic carbocycles. The fourth-order valence-corrected chi connectivity index (χ4v) is 1.16. The Kier molecular flexibility index (Phi) is 5.62. The number of amides is 3. The molecule has 0 aromatic carbocycles. The van der Waals surface area contributed by atoms with Crippen LogP contribution < -0.4 is 10.8 Å². The second-order valence-corrected chi connectivity index (χ2v) is 2.95. The highest BCUT2D eigenvalue weighted by atomic mass is 16.5.